The van der Waals surface area contributed by atoms with Crippen LogP contribution < -0.4 is 0 Å². The fourth-order valence-corrected chi connectivity index (χ4v) is 2.06. The molecule has 0 saturated carbocycles. The van der Waals surface area contributed by atoms with E-state index in [2.05, 4.69) is 4.74 Å². The second-order valence-corrected chi connectivity index (χ2v) is 4.55. The molecule has 108 valence electrons. The molecule has 0 fully saturated rings. The Labute approximate surface area is 124 Å². The first-order valence-electron chi connectivity index (χ1n) is 5.79. The summed E-state index contributed by atoms with van der Waals surface area (Å²) in [6.07, 6.45) is 0. The summed E-state index contributed by atoms with van der Waals surface area (Å²) in [7, 11) is 1.28. The summed E-state index contributed by atoms with van der Waals surface area (Å²) in [5, 5.41) is 20.5. The maximum absolute atomic E-state index is 11.3. The largest absolute Gasteiger partial charge is 0.507 e. The molecule has 1 N–H and O–H groups in total. The molecule has 0 amide bonds. The van der Waals surface area contributed by atoms with Gasteiger partial charge < -0.3 is 9.84 Å². The molecule has 2 rings (SSSR count). The number of esters is 1. The zero-order valence-corrected chi connectivity index (χ0v) is 11.6. The number of benzene rings is 2. The molecule has 0 atom stereocenters. The second-order valence-electron chi connectivity index (χ2n) is 4.15. The Morgan fingerprint density at radius 1 is 1.29 bits per heavy atom. The highest BCUT2D eigenvalue weighted by molar-refractivity contribution is 6.33. The lowest BCUT2D eigenvalue weighted by atomic mass is 10.0. The van der Waals surface area contributed by atoms with Gasteiger partial charge in [0.05, 0.1) is 23.7 Å². The van der Waals surface area contributed by atoms with Gasteiger partial charge in [-0.2, -0.15) is 0 Å². The fourth-order valence-electron chi connectivity index (χ4n) is 1.83. The van der Waals surface area contributed by atoms with Gasteiger partial charge in [-0.25, -0.2) is 4.79 Å². The number of rotatable bonds is 3. The van der Waals surface area contributed by atoms with E-state index in [1.54, 1.807) is 12.1 Å². The van der Waals surface area contributed by atoms with Crippen LogP contribution in [-0.2, 0) is 4.74 Å². The molecule has 0 spiro atoms. The van der Waals surface area contributed by atoms with Crippen molar-refractivity contribution in [2.75, 3.05) is 7.11 Å². The Kier molecular flexibility index (Phi) is 4.09. The molecule has 0 bridgehead atoms. The lowest BCUT2D eigenvalue weighted by Gasteiger charge is -2.07. The summed E-state index contributed by atoms with van der Waals surface area (Å²) in [5.74, 6) is -0.746. The van der Waals surface area contributed by atoms with E-state index >= 15 is 0 Å². The van der Waals surface area contributed by atoms with Crippen molar-refractivity contribution >= 4 is 23.3 Å². The number of ether oxygens (including phenoxy) is 1. The highest BCUT2D eigenvalue weighted by Gasteiger charge is 2.17. The van der Waals surface area contributed by atoms with E-state index in [0.717, 1.165) is 6.07 Å². The number of nitro groups is 1. The van der Waals surface area contributed by atoms with Gasteiger partial charge in [0.15, 0.2) is 0 Å². The molecule has 0 aliphatic rings. The van der Waals surface area contributed by atoms with E-state index in [1.165, 1.54) is 25.3 Å². The third-order valence-corrected chi connectivity index (χ3v) is 3.18. The Bertz CT molecular complexity index is 712. The van der Waals surface area contributed by atoms with E-state index in [0.29, 0.717) is 16.7 Å². The van der Waals surface area contributed by atoms with Gasteiger partial charge in [0.2, 0.25) is 0 Å². The van der Waals surface area contributed by atoms with Crippen LogP contribution in [0.5, 0.6) is 5.75 Å². The third-order valence-electron chi connectivity index (χ3n) is 2.88. The van der Waals surface area contributed by atoms with Crippen molar-refractivity contribution in [3.8, 4) is 16.9 Å². The monoisotopic (exact) mass is 307 g/mol. The number of nitro benzene ring substituents is 1. The second kappa shape index (κ2) is 5.80. The van der Waals surface area contributed by atoms with Crippen LogP contribution in [0.25, 0.3) is 11.1 Å². The number of phenolic OH excluding ortho intramolecular Hbond substituents is 1. The number of hydrogen-bond acceptors (Lipinski definition) is 5. The molecule has 0 unspecified atom stereocenters. The van der Waals surface area contributed by atoms with Gasteiger partial charge in [0, 0.05) is 5.56 Å². The van der Waals surface area contributed by atoms with Crippen molar-refractivity contribution in [3.05, 3.63) is 57.1 Å². The molecule has 21 heavy (non-hydrogen) atoms. The first-order valence-corrected chi connectivity index (χ1v) is 6.17. The number of methoxy groups -OCH3 is 1. The molecule has 2 aromatic rings. The summed E-state index contributed by atoms with van der Waals surface area (Å²) in [6.45, 7) is 0. The molecule has 0 aliphatic heterocycles. The van der Waals surface area contributed by atoms with Gasteiger partial charge in [-0.15, -0.1) is 0 Å². The Morgan fingerprint density at radius 2 is 1.90 bits per heavy atom. The lowest BCUT2D eigenvalue weighted by Crippen LogP contribution is -2.00. The van der Waals surface area contributed by atoms with Gasteiger partial charge >= 0.3 is 5.97 Å². The Morgan fingerprint density at radius 3 is 2.43 bits per heavy atom. The maximum atomic E-state index is 11.3. The van der Waals surface area contributed by atoms with Crippen LogP contribution in [0.3, 0.4) is 0 Å². The average Bonchev–Trinajstić information content (AvgIpc) is 2.48. The van der Waals surface area contributed by atoms with Gasteiger partial charge in [-0.1, -0.05) is 23.7 Å². The van der Waals surface area contributed by atoms with Gasteiger partial charge in [-0.05, 0) is 23.8 Å². The molecule has 0 saturated heterocycles. The smallest absolute Gasteiger partial charge is 0.337 e. The quantitative estimate of drug-likeness (QED) is 0.533. The molecule has 6 nitrogen and oxygen atoms in total. The van der Waals surface area contributed by atoms with Gasteiger partial charge in [-0.3, -0.25) is 10.1 Å². The number of nitrogens with zero attached hydrogens (tertiary/aromatic N) is 1. The van der Waals surface area contributed by atoms with Crippen molar-refractivity contribution in [1.82, 2.24) is 0 Å². The normalized spacial score (nSPS) is 10.2. The summed E-state index contributed by atoms with van der Waals surface area (Å²) in [5.41, 5.74) is 0.886. The minimum Gasteiger partial charge on any atom is -0.507 e. The third kappa shape index (κ3) is 2.95. The van der Waals surface area contributed by atoms with Crippen LogP contribution in [0.2, 0.25) is 5.02 Å². The van der Waals surface area contributed by atoms with Crippen molar-refractivity contribution in [1.29, 1.82) is 0 Å². The zero-order chi connectivity index (χ0) is 15.6. The molecule has 7 heteroatoms. The fraction of sp³-hybridized carbons (Fsp3) is 0.0714. The topological polar surface area (TPSA) is 89.7 Å². The predicted octanol–water partition coefficient (Wildman–Crippen LogP) is 3.41. The Hall–Kier alpha value is -2.60. The van der Waals surface area contributed by atoms with Crippen LogP contribution >= 0.6 is 11.6 Å². The van der Waals surface area contributed by atoms with E-state index in [1.807, 2.05) is 0 Å². The number of carbonyl (C=O) groups excluding carboxylic acids is 1. The van der Waals surface area contributed by atoms with Crippen molar-refractivity contribution in [2.24, 2.45) is 0 Å². The van der Waals surface area contributed by atoms with Gasteiger partial charge in [0.25, 0.3) is 5.69 Å². The molecule has 0 radical (unpaired) electrons. The average molecular weight is 308 g/mol. The Balaban J connectivity index is 2.45. The zero-order valence-electron chi connectivity index (χ0n) is 10.9. The van der Waals surface area contributed by atoms with E-state index in [4.69, 9.17) is 11.6 Å². The summed E-state index contributed by atoms with van der Waals surface area (Å²) in [6, 6.07) is 8.52. The summed E-state index contributed by atoms with van der Waals surface area (Å²) < 4.78 is 4.58. The number of hydrogen-bond donors (Lipinski definition) is 1. The van der Waals surface area contributed by atoms with Crippen LogP contribution in [0, 0.1) is 10.1 Å². The minimum atomic E-state index is -0.674. The first-order chi connectivity index (χ1) is 9.93. The van der Waals surface area contributed by atoms with Crippen LogP contribution in [0.1, 0.15) is 10.4 Å². The molecule has 0 heterocycles. The SMILES string of the molecule is COC(=O)c1ccc(-c2cc(Cl)c([N+](=O)[O-])cc2O)cc1. The van der Waals surface area contributed by atoms with Crippen LogP contribution in [-0.4, -0.2) is 23.1 Å². The van der Waals surface area contributed by atoms with Crippen molar-refractivity contribution in [2.45, 2.75) is 0 Å². The molecular weight excluding hydrogens is 298 g/mol. The highest BCUT2D eigenvalue weighted by Crippen LogP contribution is 2.37. The van der Waals surface area contributed by atoms with E-state index in [-0.39, 0.29) is 16.5 Å². The van der Waals surface area contributed by atoms with E-state index < -0.39 is 10.9 Å². The minimum absolute atomic E-state index is 0.0788. The standard InChI is InChI=1S/C14H10ClNO5/c1-21-14(18)9-4-2-8(3-5-9)10-6-11(15)12(16(19)20)7-13(10)17/h2-7,17H,1H3. The number of halogens is 1. The number of phenols is 1. The first kappa shape index (κ1) is 14.8. The van der Waals surface area contributed by atoms with E-state index in [9.17, 15) is 20.0 Å². The maximum Gasteiger partial charge on any atom is 0.337 e. The van der Waals surface area contributed by atoms with Crippen LogP contribution in [0.15, 0.2) is 36.4 Å². The number of aromatic hydroxyl groups is 1. The molecular formula is C14H10ClNO5. The molecule has 0 aromatic heterocycles. The highest BCUT2D eigenvalue weighted by atomic mass is 35.5. The number of carbonyl (C=O) groups is 1. The lowest BCUT2D eigenvalue weighted by molar-refractivity contribution is -0.384. The van der Waals surface area contributed by atoms with Gasteiger partial charge in [0.1, 0.15) is 10.8 Å². The summed E-state index contributed by atoms with van der Waals surface area (Å²) >= 11 is 5.82. The van der Waals surface area contributed by atoms with Crippen molar-refractivity contribution < 1.29 is 19.6 Å². The predicted molar refractivity (Wildman–Crippen MR) is 76.5 cm³/mol. The molecule has 0 aliphatic carbocycles. The van der Waals surface area contributed by atoms with Crippen LogP contribution in [0.4, 0.5) is 5.69 Å². The van der Waals surface area contributed by atoms with Crippen molar-refractivity contribution in [3.63, 3.8) is 0 Å². The summed E-state index contributed by atoms with van der Waals surface area (Å²) in [4.78, 5) is 21.4. The molecule has 2 aromatic carbocycles.